The summed E-state index contributed by atoms with van der Waals surface area (Å²) in [5, 5.41) is 0. The van der Waals surface area contributed by atoms with Gasteiger partial charge in [0.2, 0.25) is 5.91 Å². The number of carbonyl (C=O) groups excluding carboxylic acids is 1. The van der Waals surface area contributed by atoms with Crippen LogP contribution in [-0.2, 0) is 34.9 Å². The fourth-order valence-corrected chi connectivity index (χ4v) is 8.88. The molecule has 0 bridgehead atoms. The lowest BCUT2D eigenvalue weighted by Gasteiger charge is -2.33. The minimum absolute atomic E-state index is 0.00244. The minimum atomic E-state index is -6.38. The van der Waals surface area contributed by atoms with Crippen molar-refractivity contribution >= 4 is 25.6 Å². The topological polar surface area (TPSA) is 88.6 Å². The molecule has 2 fully saturated rings. The van der Waals surface area contributed by atoms with Gasteiger partial charge in [0, 0.05) is 24.6 Å². The normalized spacial score (nSPS) is 22.6. The smallest absolute Gasteiger partial charge is 0.340 e. The summed E-state index contributed by atoms with van der Waals surface area (Å²) in [5.41, 5.74) is -7.86. The molecule has 226 valence electrons. The number of sulfone groups is 2. The van der Waals surface area contributed by atoms with Crippen LogP contribution in [-0.4, -0.2) is 64.6 Å². The first kappa shape index (κ1) is 31.2. The standard InChI is InChI=1S/C25H23F8NO5S2/c26-19-5-7-20(8-6-19)41(38,39)22(11-12-34(15-22)21(35)16-9-13-40(36,37)14-10-16)17-1-3-18(4-2-17)23(27,24(28,29)30)25(31,32)33/h1-8,16H,9-15H2. The van der Waals surface area contributed by atoms with E-state index in [-0.39, 0.29) is 55.0 Å². The molecule has 41 heavy (non-hydrogen) atoms. The van der Waals surface area contributed by atoms with Crippen molar-refractivity contribution < 1.29 is 56.8 Å². The lowest BCUT2D eigenvalue weighted by Crippen LogP contribution is -2.50. The predicted octanol–water partition coefficient (Wildman–Crippen LogP) is 4.84. The van der Waals surface area contributed by atoms with Gasteiger partial charge in [-0.25, -0.2) is 25.6 Å². The van der Waals surface area contributed by atoms with Crippen LogP contribution in [0.2, 0.25) is 0 Å². The fourth-order valence-electron chi connectivity index (χ4n) is 5.31. The van der Waals surface area contributed by atoms with Gasteiger partial charge in [-0.2, -0.15) is 26.3 Å². The van der Waals surface area contributed by atoms with Gasteiger partial charge in [0.05, 0.1) is 16.4 Å². The second-order valence-electron chi connectivity index (χ2n) is 10.1. The molecule has 0 aromatic heterocycles. The SMILES string of the molecule is O=C(C1CCS(=O)(=O)CC1)N1CCC(c2ccc(C(F)(C(F)(F)F)C(F)(F)F)cc2)(S(=O)(=O)c2ccc(F)cc2)C1. The van der Waals surface area contributed by atoms with E-state index < -0.39 is 77.1 Å². The van der Waals surface area contributed by atoms with Crippen molar-refractivity contribution in [3.8, 4) is 0 Å². The molecule has 6 nitrogen and oxygen atoms in total. The highest BCUT2D eigenvalue weighted by Crippen LogP contribution is 2.54. The number of alkyl halides is 7. The third-order valence-electron chi connectivity index (χ3n) is 7.68. The van der Waals surface area contributed by atoms with E-state index in [0.29, 0.717) is 12.1 Å². The number of carbonyl (C=O) groups is 1. The van der Waals surface area contributed by atoms with Crippen LogP contribution in [0.5, 0.6) is 0 Å². The van der Waals surface area contributed by atoms with Gasteiger partial charge < -0.3 is 4.90 Å². The summed E-state index contributed by atoms with van der Waals surface area (Å²) in [6.45, 7) is -0.768. The first-order valence-corrected chi connectivity index (χ1v) is 15.5. The van der Waals surface area contributed by atoms with Gasteiger partial charge in [-0.1, -0.05) is 24.3 Å². The van der Waals surface area contributed by atoms with Gasteiger partial charge >= 0.3 is 18.0 Å². The Balaban J connectivity index is 1.78. The van der Waals surface area contributed by atoms with E-state index in [2.05, 4.69) is 0 Å². The molecule has 2 aliphatic rings. The zero-order valence-electron chi connectivity index (χ0n) is 21.0. The van der Waals surface area contributed by atoms with Gasteiger partial charge in [0.15, 0.2) is 9.84 Å². The van der Waals surface area contributed by atoms with E-state index in [4.69, 9.17) is 0 Å². The molecule has 0 spiro atoms. The molecule has 1 atom stereocenters. The maximum atomic E-state index is 14.6. The number of likely N-dealkylation sites (tertiary alicyclic amines) is 1. The van der Waals surface area contributed by atoms with Crippen LogP contribution in [0.4, 0.5) is 35.1 Å². The molecule has 0 N–H and O–H groups in total. The van der Waals surface area contributed by atoms with Crippen molar-refractivity contribution in [3.63, 3.8) is 0 Å². The maximum Gasteiger partial charge on any atom is 0.435 e. The highest BCUT2D eigenvalue weighted by molar-refractivity contribution is 7.92. The van der Waals surface area contributed by atoms with Gasteiger partial charge in [-0.3, -0.25) is 4.79 Å². The summed E-state index contributed by atoms with van der Waals surface area (Å²) < 4.78 is 157. The number of hydrogen-bond donors (Lipinski definition) is 0. The Kier molecular flexibility index (Phi) is 7.77. The highest BCUT2D eigenvalue weighted by atomic mass is 32.2. The molecule has 2 aromatic rings. The zero-order chi connectivity index (χ0) is 30.6. The third-order valence-corrected chi connectivity index (χ3v) is 11.9. The van der Waals surface area contributed by atoms with Crippen LogP contribution in [0, 0.1) is 11.7 Å². The summed E-state index contributed by atoms with van der Waals surface area (Å²) in [5.74, 6) is -2.57. The molecule has 0 saturated carbocycles. The van der Waals surface area contributed by atoms with E-state index in [1.54, 1.807) is 0 Å². The van der Waals surface area contributed by atoms with Crippen LogP contribution in [0.15, 0.2) is 53.4 Å². The molecule has 2 heterocycles. The monoisotopic (exact) mass is 633 g/mol. The number of nitrogens with zero attached hydrogens (tertiary/aromatic N) is 1. The predicted molar refractivity (Wildman–Crippen MR) is 129 cm³/mol. The molecule has 1 unspecified atom stereocenters. The van der Waals surface area contributed by atoms with Crippen LogP contribution >= 0.6 is 0 Å². The molecule has 1 amide bonds. The molecule has 0 aliphatic carbocycles. The minimum Gasteiger partial charge on any atom is -0.340 e. The lowest BCUT2D eigenvalue weighted by atomic mass is 9.90. The van der Waals surface area contributed by atoms with E-state index >= 15 is 0 Å². The number of halogens is 8. The van der Waals surface area contributed by atoms with E-state index in [1.807, 2.05) is 0 Å². The summed E-state index contributed by atoms with van der Waals surface area (Å²) in [6, 6.07) is 5.23. The van der Waals surface area contributed by atoms with Crippen molar-refractivity contribution in [2.24, 2.45) is 5.92 Å². The molecule has 2 aliphatic heterocycles. The highest BCUT2D eigenvalue weighted by Gasteiger charge is 2.73. The summed E-state index contributed by atoms with van der Waals surface area (Å²) in [7, 11) is -7.91. The number of rotatable bonds is 5. The van der Waals surface area contributed by atoms with Crippen LogP contribution in [0.25, 0.3) is 0 Å². The Labute approximate surface area is 230 Å². The number of benzene rings is 2. The molecule has 2 saturated heterocycles. The number of amides is 1. The van der Waals surface area contributed by atoms with Gasteiger partial charge in [-0.15, -0.1) is 0 Å². The van der Waals surface area contributed by atoms with Crippen molar-refractivity contribution in [1.29, 1.82) is 0 Å². The quantitative estimate of drug-likeness (QED) is 0.348. The van der Waals surface area contributed by atoms with E-state index in [9.17, 15) is 56.8 Å². The lowest BCUT2D eigenvalue weighted by molar-refractivity contribution is -0.348. The fraction of sp³-hybridized carbons (Fsp3) is 0.480. The molecular formula is C25H23F8NO5S2. The maximum absolute atomic E-state index is 14.6. The van der Waals surface area contributed by atoms with Crippen molar-refractivity contribution in [2.75, 3.05) is 24.6 Å². The molecule has 0 radical (unpaired) electrons. The Bertz CT molecular complexity index is 1490. The van der Waals surface area contributed by atoms with Crippen molar-refractivity contribution in [3.05, 3.63) is 65.5 Å². The summed E-state index contributed by atoms with van der Waals surface area (Å²) in [4.78, 5) is 14.0. The first-order chi connectivity index (χ1) is 18.8. The Morgan fingerprint density at radius 1 is 0.854 bits per heavy atom. The first-order valence-electron chi connectivity index (χ1n) is 12.2. The largest absolute Gasteiger partial charge is 0.435 e. The third kappa shape index (κ3) is 5.32. The van der Waals surface area contributed by atoms with Crippen LogP contribution in [0.1, 0.15) is 30.4 Å². The van der Waals surface area contributed by atoms with Gasteiger partial charge in [0.1, 0.15) is 20.4 Å². The number of hydrogen-bond acceptors (Lipinski definition) is 5. The second-order valence-corrected chi connectivity index (χ2v) is 14.7. The average Bonchev–Trinajstić information content (AvgIpc) is 3.34. The van der Waals surface area contributed by atoms with E-state index in [0.717, 1.165) is 29.2 Å². The second kappa shape index (κ2) is 10.2. The summed E-state index contributed by atoms with van der Waals surface area (Å²) in [6.07, 6.45) is -13.1. The zero-order valence-corrected chi connectivity index (χ0v) is 22.6. The van der Waals surface area contributed by atoms with Crippen LogP contribution in [0.3, 0.4) is 0 Å². The Morgan fingerprint density at radius 2 is 1.37 bits per heavy atom. The van der Waals surface area contributed by atoms with E-state index in [1.165, 1.54) is 0 Å². The molecular weight excluding hydrogens is 610 g/mol. The van der Waals surface area contributed by atoms with Gasteiger partial charge in [-0.05, 0) is 49.1 Å². The van der Waals surface area contributed by atoms with Gasteiger partial charge in [0.25, 0.3) is 0 Å². The van der Waals surface area contributed by atoms with Crippen LogP contribution < -0.4 is 0 Å². The Hall–Kier alpha value is -2.75. The van der Waals surface area contributed by atoms with Crippen molar-refractivity contribution in [1.82, 2.24) is 4.90 Å². The van der Waals surface area contributed by atoms with Crippen molar-refractivity contribution in [2.45, 2.75) is 46.9 Å². The molecule has 16 heteroatoms. The molecule has 2 aromatic carbocycles. The molecule has 4 rings (SSSR count). The average molecular weight is 634 g/mol. The Morgan fingerprint density at radius 3 is 1.85 bits per heavy atom. The summed E-state index contributed by atoms with van der Waals surface area (Å²) >= 11 is 0.